The van der Waals surface area contributed by atoms with Crippen molar-refractivity contribution in [1.29, 1.82) is 0 Å². The second-order valence-electron chi connectivity index (χ2n) is 7.17. The van der Waals surface area contributed by atoms with Gasteiger partial charge >= 0.3 is 0 Å². The SMILES string of the molecule is COc1ccc(-c2csc(NC(=O)c3ccc(C(C)(C)C)cc3)n2)cc1Br. The first-order chi connectivity index (χ1) is 12.8. The quantitative estimate of drug-likeness (QED) is 0.526. The van der Waals surface area contributed by atoms with E-state index >= 15 is 0 Å². The van der Waals surface area contributed by atoms with Gasteiger partial charge in [-0.2, -0.15) is 0 Å². The van der Waals surface area contributed by atoms with Crippen molar-refractivity contribution in [2.24, 2.45) is 0 Å². The molecule has 0 aliphatic carbocycles. The molecule has 6 heteroatoms. The van der Waals surface area contributed by atoms with Gasteiger partial charge in [0.1, 0.15) is 5.75 Å². The topological polar surface area (TPSA) is 51.2 Å². The Labute approximate surface area is 171 Å². The lowest BCUT2D eigenvalue weighted by Crippen LogP contribution is -2.14. The van der Waals surface area contributed by atoms with Crippen LogP contribution in [0.3, 0.4) is 0 Å². The van der Waals surface area contributed by atoms with Crippen molar-refractivity contribution in [3.63, 3.8) is 0 Å². The highest BCUT2D eigenvalue weighted by atomic mass is 79.9. The minimum atomic E-state index is -0.160. The third kappa shape index (κ3) is 4.57. The number of hydrogen-bond donors (Lipinski definition) is 1. The molecule has 0 radical (unpaired) electrons. The fourth-order valence-corrected chi connectivity index (χ4v) is 3.84. The van der Waals surface area contributed by atoms with Gasteiger partial charge in [0, 0.05) is 16.5 Å². The van der Waals surface area contributed by atoms with Gasteiger partial charge in [-0.1, -0.05) is 32.9 Å². The van der Waals surface area contributed by atoms with E-state index in [1.165, 1.54) is 16.9 Å². The van der Waals surface area contributed by atoms with Crippen LogP contribution in [0.4, 0.5) is 5.13 Å². The standard InChI is InChI=1S/C21H21BrN2O2S/c1-21(2,3)15-8-5-13(6-9-15)19(25)24-20-23-17(12-27-20)14-7-10-18(26-4)16(22)11-14/h5-12H,1-4H3,(H,23,24,25). The molecule has 2 aromatic carbocycles. The zero-order valence-corrected chi connectivity index (χ0v) is 18.1. The number of thiazole rings is 1. The van der Waals surface area contributed by atoms with Gasteiger partial charge in [-0.15, -0.1) is 11.3 Å². The summed E-state index contributed by atoms with van der Waals surface area (Å²) >= 11 is 4.88. The Balaban J connectivity index is 1.73. The number of halogens is 1. The number of carbonyl (C=O) groups excluding carboxylic acids is 1. The Hall–Kier alpha value is -2.18. The van der Waals surface area contributed by atoms with Gasteiger partial charge in [0.05, 0.1) is 17.3 Å². The Bertz CT molecular complexity index is 959. The molecule has 0 saturated heterocycles. The van der Waals surface area contributed by atoms with Crippen molar-refractivity contribution in [2.75, 3.05) is 12.4 Å². The smallest absolute Gasteiger partial charge is 0.257 e. The molecule has 1 amide bonds. The fourth-order valence-electron chi connectivity index (χ4n) is 2.58. The van der Waals surface area contributed by atoms with E-state index in [-0.39, 0.29) is 11.3 Å². The van der Waals surface area contributed by atoms with Crippen LogP contribution >= 0.6 is 27.3 Å². The highest BCUT2D eigenvalue weighted by Crippen LogP contribution is 2.32. The monoisotopic (exact) mass is 444 g/mol. The van der Waals surface area contributed by atoms with E-state index in [2.05, 4.69) is 47.0 Å². The third-order valence-electron chi connectivity index (χ3n) is 4.19. The summed E-state index contributed by atoms with van der Waals surface area (Å²) in [6.45, 7) is 6.45. The van der Waals surface area contributed by atoms with Gasteiger partial charge in [0.2, 0.25) is 0 Å². The Morgan fingerprint density at radius 2 is 1.85 bits per heavy atom. The average molecular weight is 445 g/mol. The fraction of sp³-hybridized carbons (Fsp3) is 0.238. The Morgan fingerprint density at radius 3 is 2.44 bits per heavy atom. The Morgan fingerprint density at radius 1 is 1.15 bits per heavy atom. The Kier molecular flexibility index (Phi) is 5.67. The first kappa shape index (κ1) is 19.6. The molecule has 1 N–H and O–H groups in total. The number of amides is 1. The first-order valence-corrected chi connectivity index (χ1v) is 10.2. The van der Waals surface area contributed by atoms with Crippen molar-refractivity contribution in [2.45, 2.75) is 26.2 Å². The highest BCUT2D eigenvalue weighted by molar-refractivity contribution is 9.10. The van der Waals surface area contributed by atoms with Crippen LogP contribution in [0.15, 0.2) is 52.3 Å². The van der Waals surface area contributed by atoms with Crippen LogP contribution in [-0.4, -0.2) is 18.0 Å². The molecule has 0 unspecified atom stereocenters. The maximum Gasteiger partial charge on any atom is 0.257 e. The molecule has 4 nitrogen and oxygen atoms in total. The number of carbonyl (C=O) groups is 1. The van der Waals surface area contributed by atoms with Gasteiger partial charge in [-0.05, 0) is 57.2 Å². The van der Waals surface area contributed by atoms with Crippen LogP contribution < -0.4 is 10.1 Å². The normalized spacial score (nSPS) is 11.3. The largest absolute Gasteiger partial charge is 0.496 e. The van der Waals surface area contributed by atoms with Crippen molar-refractivity contribution in [3.05, 3.63) is 63.4 Å². The van der Waals surface area contributed by atoms with Crippen molar-refractivity contribution in [1.82, 2.24) is 4.98 Å². The van der Waals surface area contributed by atoms with Crippen molar-refractivity contribution >= 4 is 38.3 Å². The first-order valence-electron chi connectivity index (χ1n) is 8.49. The number of aromatic nitrogens is 1. The summed E-state index contributed by atoms with van der Waals surface area (Å²) in [7, 11) is 1.63. The van der Waals surface area contributed by atoms with E-state index in [1.54, 1.807) is 7.11 Å². The molecule has 0 bridgehead atoms. The van der Waals surface area contributed by atoms with Gasteiger partial charge in [0.15, 0.2) is 5.13 Å². The molecule has 3 aromatic rings. The summed E-state index contributed by atoms with van der Waals surface area (Å²) in [4.78, 5) is 17.0. The lowest BCUT2D eigenvalue weighted by molar-refractivity contribution is 0.102. The zero-order valence-electron chi connectivity index (χ0n) is 15.7. The van der Waals surface area contributed by atoms with E-state index in [9.17, 15) is 4.79 Å². The molecule has 0 spiro atoms. The number of nitrogens with one attached hydrogen (secondary N) is 1. The predicted octanol–water partition coefficient (Wildman–Crippen LogP) is 6.13. The molecule has 27 heavy (non-hydrogen) atoms. The molecule has 140 valence electrons. The average Bonchev–Trinajstić information content (AvgIpc) is 3.09. The summed E-state index contributed by atoms with van der Waals surface area (Å²) < 4.78 is 6.11. The molecule has 0 fully saturated rings. The van der Waals surface area contributed by atoms with Crippen molar-refractivity contribution < 1.29 is 9.53 Å². The van der Waals surface area contributed by atoms with Crippen LogP contribution in [0, 0.1) is 0 Å². The van der Waals surface area contributed by atoms with Crippen LogP contribution in [-0.2, 0) is 5.41 Å². The van der Waals surface area contributed by atoms with Gasteiger partial charge in [-0.3, -0.25) is 10.1 Å². The maximum absolute atomic E-state index is 12.5. The molecular weight excluding hydrogens is 424 g/mol. The van der Waals surface area contributed by atoms with Crippen LogP contribution in [0.25, 0.3) is 11.3 Å². The molecule has 0 saturated carbocycles. The molecule has 0 atom stereocenters. The zero-order chi connectivity index (χ0) is 19.6. The number of ether oxygens (including phenoxy) is 1. The van der Waals surface area contributed by atoms with E-state index in [0.29, 0.717) is 10.7 Å². The van der Waals surface area contributed by atoms with Gasteiger partial charge in [-0.25, -0.2) is 4.98 Å². The second kappa shape index (κ2) is 7.82. The van der Waals surface area contributed by atoms with E-state index in [1.807, 2.05) is 47.8 Å². The number of anilines is 1. The molecule has 0 aliphatic heterocycles. The number of nitrogens with zero attached hydrogens (tertiary/aromatic N) is 1. The van der Waals surface area contributed by atoms with Crippen molar-refractivity contribution in [3.8, 4) is 17.0 Å². The molecule has 1 aromatic heterocycles. The molecule has 1 heterocycles. The van der Waals surface area contributed by atoms with Crippen LogP contribution in [0.2, 0.25) is 0 Å². The second-order valence-corrected chi connectivity index (χ2v) is 8.88. The van der Waals surface area contributed by atoms with Gasteiger partial charge in [0.25, 0.3) is 5.91 Å². The summed E-state index contributed by atoms with van der Waals surface area (Å²) in [6.07, 6.45) is 0. The predicted molar refractivity (Wildman–Crippen MR) is 115 cm³/mol. The molecular formula is C21H21BrN2O2S. The summed E-state index contributed by atoms with van der Waals surface area (Å²) in [5.74, 6) is 0.605. The van der Waals surface area contributed by atoms with Crippen LogP contribution in [0.5, 0.6) is 5.75 Å². The number of benzene rings is 2. The summed E-state index contributed by atoms with van der Waals surface area (Å²) in [5.41, 5.74) is 3.63. The number of hydrogen-bond acceptors (Lipinski definition) is 4. The van der Waals surface area contributed by atoms with Gasteiger partial charge < -0.3 is 4.74 Å². The molecule has 0 aliphatic rings. The van der Waals surface area contributed by atoms with E-state index in [0.717, 1.165) is 21.5 Å². The van der Waals surface area contributed by atoms with Crippen LogP contribution in [0.1, 0.15) is 36.7 Å². The summed E-state index contributed by atoms with van der Waals surface area (Å²) in [6, 6.07) is 13.5. The lowest BCUT2D eigenvalue weighted by Gasteiger charge is -2.18. The third-order valence-corrected chi connectivity index (χ3v) is 5.56. The maximum atomic E-state index is 12.5. The number of methoxy groups -OCH3 is 1. The minimum absolute atomic E-state index is 0.0614. The lowest BCUT2D eigenvalue weighted by atomic mass is 9.87. The molecule has 3 rings (SSSR count). The van der Waals surface area contributed by atoms with E-state index < -0.39 is 0 Å². The minimum Gasteiger partial charge on any atom is -0.496 e. The number of rotatable bonds is 4. The summed E-state index contributed by atoms with van der Waals surface area (Å²) in [5, 5.41) is 5.37. The highest BCUT2D eigenvalue weighted by Gasteiger charge is 2.15. The van der Waals surface area contributed by atoms with E-state index in [4.69, 9.17) is 4.74 Å².